The summed E-state index contributed by atoms with van der Waals surface area (Å²) in [5, 5.41) is 0. The minimum atomic E-state index is 0.412. The highest BCUT2D eigenvalue weighted by Crippen LogP contribution is 2.51. The van der Waals surface area contributed by atoms with Crippen LogP contribution in [0.5, 0.6) is 0 Å². The van der Waals surface area contributed by atoms with E-state index >= 15 is 0 Å². The Morgan fingerprint density at radius 2 is 2.18 bits per heavy atom. The van der Waals surface area contributed by atoms with Crippen LogP contribution in [-0.4, -0.2) is 30.8 Å². The van der Waals surface area contributed by atoms with Gasteiger partial charge in [-0.25, -0.2) is 0 Å². The van der Waals surface area contributed by atoms with Gasteiger partial charge in [0.2, 0.25) is 0 Å². The van der Waals surface area contributed by atoms with Crippen molar-refractivity contribution in [1.29, 1.82) is 0 Å². The summed E-state index contributed by atoms with van der Waals surface area (Å²) in [7, 11) is 2.14. The molecule has 2 aliphatic rings. The van der Waals surface area contributed by atoms with E-state index in [-0.39, 0.29) is 0 Å². The average molecular weight is 153 g/mol. The number of carbonyl (C=O) groups is 1. The number of rotatable bonds is 1. The van der Waals surface area contributed by atoms with E-state index in [1.165, 1.54) is 13.0 Å². The predicted molar refractivity (Wildman–Crippen MR) is 43.3 cm³/mol. The van der Waals surface area contributed by atoms with Crippen molar-refractivity contribution < 1.29 is 4.79 Å². The number of hydrogen-bond acceptors (Lipinski definition) is 2. The second-order valence-corrected chi connectivity index (χ2v) is 4.02. The first kappa shape index (κ1) is 7.29. The molecule has 3 atom stereocenters. The summed E-state index contributed by atoms with van der Waals surface area (Å²) in [5.41, 5.74) is 0. The molecule has 1 saturated carbocycles. The summed E-state index contributed by atoms with van der Waals surface area (Å²) < 4.78 is 0. The van der Waals surface area contributed by atoms with E-state index in [1.54, 1.807) is 6.92 Å². The molecule has 0 aromatic rings. The third-order valence-corrected chi connectivity index (χ3v) is 3.17. The Balaban J connectivity index is 1.98. The Hall–Kier alpha value is -0.370. The quantitative estimate of drug-likeness (QED) is 0.554. The molecule has 1 aliphatic heterocycles. The van der Waals surface area contributed by atoms with Gasteiger partial charge in [0.25, 0.3) is 0 Å². The van der Waals surface area contributed by atoms with Crippen LogP contribution in [0, 0.1) is 17.8 Å². The molecule has 0 bridgehead atoms. The fourth-order valence-corrected chi connectivity index (χ4v) is 2.51. The van der Waals surface area contributed by atoms with Crippen molar-refractivity contribution in [3.05, 3.63) is 0 Å². The maximum atomic E-state index is 11.1. The number of fused-ring (bicyclic) bond motifs is 1. The molecule has 0 spiro atoms. The molecular formula is C9H15NO. The number of Topliss-reactive ketones (excluding diaryl/α,β-unsaturated/α-hetero) is 1. The van der Waals surface area contributed by atoms with Gasteiger partial charge < -0.3 is 4.90 Å². The predicted octanol–water partition coefficient (Wildman–Crippen LogP) is 0.773. The fraction of sp³-hybridized carbons (Fsp3) is 0.889. The van der Waals surface area contributed by atoms with Gasteiger partial charge in [0, 0.05) is 12.5 Å². The molecule has 3 unspecified atom stereocenters. The van der Waals surface area contributed by atoms with Gasteiger partial charge in [0.05, 0.1) is 0 Å². The molecule has 1 saturated heterocycles. The Labute approximate surface area is 67.6 Å². The Bertz CT molecular complexity index is 190. The zero-order valence-corrected chi connectivity index (χ0v) is 7.21. The summed E-state index contributed by atoms with van der Waals surface area (Å²) in [6.45, 7) is 4.07. The minimum absolute atomic E-state index is 0.412. The van der Waals surface area contributed by atoms with Crippen molar-refractivity contribution in [2.24, 2.45) is 17.8 Å². The molecule has 1 aliphatic carbocycles. The first-order valence-electron chi connectivity index (χ1n) is 4.39. The Kier molecular flexibility index (Phi) is 1.53. The third-order valence-electron chi connectivity index (χ3n) is 3.17. The number of piperidine rings is 1. The number of nitrogens with zero attached hydrogens (tertiary/aromatic N) is 1. The Morgan fingerprint density at radius 3 is 2.73 bits per heavy atom. The van der Waals surface area contributed by atoms with E-state index < -0.39 is 0 Å². The SMILES string of the molecule is CC(=O)C1C2CCN(C)CC21. The molecule has 0 aromatic heterocycles. The van der Waals surface area contributed by atoms with Gasteiger partial charge in [-0.15, -0.1) is 0 Å². The second kappa shape index (κ2) is 2.31. The maximum absolute atomic E-state index is 11.1. The van der Waals surface area contributed by atoms with Crippen LogP contribution in [-0.2, 0) is 4.79 Å². The Morgan fingerprint density at radius 1 is 1.45 bits per heavy atom. The first-order chi connectivity index (χ1) is 5.20. The van der Waals surface area contributed by atoms with E-state index in [4.69, 9.17) is 0 Å². The van der Waals surface area contributed by atoms with Crippen molar-refractivity contribution in [2.75, 3.05) is 20.1 Å². The summed E-state index contributed by atoms with van der Waals surface area (Å²) in [4.78, 5) is 13.4. The fourth-order valence-electron chi connectivity index (χ4n) is 2.51. The van der Waals surface area contributed by atoms with Crippen molar-refractivity contribution in [3.8, 4) is 0 Å². The molecule has 2 rings (SSSR count). The molecule has 2 fully saturated rings. The zero-order chi connectivity index (χ0) is 8.01. The number of likely N-dealkylation sites (tertiary alicyclic amines) is 1. The lowest BCUT2D eigenvalue weighted by Crippen LogP contribution is -2.27. The lowest BCUT2D eigenvalue weighted by Gasteiger charge is -2.20. The van der Waals surface area contributed by atoms with Gasteiger partial charge in [-0.2, -0.15) is 0 Å². The van der Waals surface area contributed by atoms with Crippen molar-refractivity contribution >= 4 is 5.78 Å². The topological polar surface area (TPSA) is 20.3 Å². The number of hydrogen-bond donors (Lipinski definition) is 0. The molecule has 62 valence electrons. The minimum Gasteiger partial charge on any atom is -0.306 e. The lowest BCUT2D eigenvalue weighted by molar-refractivity contribution is -0.118. The molecule has 0 aromatic carbocycles. The van der Waals surface area contributed by atoms with Gasteiger partial charge in [-0.05, 0) is 38.8 Å². The van der Waals surface area contributed by atoms with E-state index in [0.717, 1.165) is 12.5 Å². The van der Waals surface area contributed by atoms with Crippen LogP contribution in [0.25, 0.3) is 0 Å². The summed E-state index contributed by atoms with van der Waals surface area (Å²) in [6, 6.07) is 0. The van der Waals surface area contributed by atoms with Gasteiger partial charge in [-0.3, -0.25) is 4.79 Å². The lowest BCUT2D eigenvalue weighted by atomic mass is 10.1. The van der Waals surface area contributed by atoms with Crippen molar-refractivity contribution in [3.63, 3.8) is 0 Å². The van der Waals surface area contributed by atoms with Crippen LogP contribution < -0.4 is 0 Å². The maximum Gasteiger partial charge on any atom is 0.133 e. The van der Waals surface area contributed by atoms with Crippen LogP contribution in [0.1, 0.15) is 13.3 Å². The molecule has 0 amide bonds. The standard InChI is InChI=1S/C9H15NO/c1-6(11)9-7-3-4-10(2)5-8(7)9/h7-9H,3-5H2,1-2H3. The van der Waals surface area contributed by atoms with Gasteiger partial charge >= 0.3 is 0 Å². The van der Waals surface area contributed by atoms with E-state index in [0.29, 0.717) is 17.6 Å². The molecule has 2 nitrogen and oxygen atoms in total. The molecule has 0 radical (unpaired) electrons. The largest absolute Gasteiger partial charge is 0.306 e. The van der Waals surface area contributed by atoms with Gasteiger partial charge in [-0.1, -0.05) is 0 Å². The summed E-state index contributed by atoms with van der Waals surface area (Å²) in [6.07, 6.45) is 1.24. The highest BCUT2D eigenvalue weighted by Gasteiger charge is 2.54. The zero-order valence-electron chi connectivity index (χ0n) is 7.21. The van der Waals surface area contributed by atoms with E-state index in [1.807, 2.05) is 0 Å². The summed E-state index contributed by atoms with van der Waals surface area (Å²) in [5.74, 6) is 2.31. The summed E-state index contributed by atoms with van der Waals surface area (Å²) >= 11 is 0. The van der Waals surface area contributed by atoms with Gasteiger partial charge in [0.15, 0.2) is 0 Å². The molecule has 1 heterocycles. The molecular weight excluding hydrogens is 138 g/mol. The van der Waals surface area contributed by atoms with Crippen LogP contribution in [0.3, 0.4) is 0 Å². The number of ketones is 1. The number of carbonyl (C=O) groups excluding carboxylic acids is 1. The molecule has 11 heavy (non-hydrogen) atoms. The van der Waals surface area contributed by atoms with E-state index in [2.05, 4.69) is 11.9 Å². The average Bonchev–Trinajstić information content (AvgIpc) is 2.60. The molecule has 2 heteroatoms. The highest BCUT2D eigenvalue weighted by molar-refractivity contribution is 5.82. The van der Waals surface area contributed by atoms with Crippen LogP contribution in [0.15, 0.2) is 0 Å². The van der Waals surface area contributed by atoms with Crippen LogP contribution in [0.2, 0.25) is 0 Å². The van der Waals surface area contributed by atoms with Gasteiger partial charge in [0.1, 0.15) is 5.78 Å². The van der Waals surface area contributed by atoms with Crippen molar-refractivity contribution in [1.82, 2.24) is 4.90 Å². The van der Waals surface area contributed by atoms with Crippen LogP contribution in [0.4, 0.5) is 0 Å². The monoisotopic (exact) mass is 153 g/mol. The first-order valence-corrected chi connectivity index (χ1v) is 4.39. The smallest absolute Gasteiger partial charge is 0.133 e. The second-order valence-electron chi connectivity index (χ2n) is 4.02. The van der Waals surface area contributed by atoms with Crippen LogP contribution >= 0.6 is 0 Å². The normalized spacial score (nSPS) is 43.3. The highest BCUT2D eigenvalue weighted by atomic mass is 16.1. The van der Waals surface area contributed by atoms with Crippen molar-refractivity contribution in [2.45, 2.75) is 13.3 Å². The van der Waals surface area contributed by atoms with E-state index in [9.17, 15) is 4.79 Å². The molecule has 0 N–H and O–H groups in total. The third kappa shape index (κ3) is 1.09.